The number of hydrogen-bond donors (Lipinski definition) is 0. The van der Waals surface area contributed by atoms with Crippen molar-refractivity contribution < 1.29 is 4.79 Å². The van der Waals surface area contributed by atoms with E-state index in [-0.39, 0.29) is 18.0 Å². The Morgan fingerprint density at radius 3 is 2.81 bits per heavy atom. The minimum Gasteiger partial charge on any atom is -0.307 e. The van der Waals surface area contributed by atoms with Crippen LogP contribution in [0.25, 0.3) is 10.2 Å². The Morgan fingerprint density at radius 2 is 2.04 bits per heavy atom. The highest BCUT2D eigenvalue weighted by Gasteiger charge is 2.21. The minimum absolute atomic E-state index is 0.0326. The average Bonchev–Trinajstić information content (AvgIpc) is 3.08. The molecule has 0 bridgehead atoms. The van der Waals surface area contributed by atoms with E-state index < -0.39 is 0 Å². The van der Waals surface area contributed by atoms with E-state index in [1.165, 1.54) is 22.2 Å². The molecular weight excluding hydrogens is 358 g/mol. The SMILES string of the molecule is C=CCN(C(=O)Cn1cnc2sc3c(c2c1=O)CCCC3)c1ccccc1. The molecule has 0 spiro atoms. The zero-order valence-electron chi connectivity index (χ0n) is 15.1. The number of para-hydroxylation sites is 1. The summed E-state index contributed by atoms with van der Waals surface area (Å²) in [5.41, 5.74) is 1.82. The first-order valence-corrected chi connectivity index (χ1v) is 9.96. The summed E-state index contributed by atoms with van der Waals surface area (Å²) >= 11 is 1.62. The second-order valence-corrected chi connectivity index (χ2v) is 7.78. The first-order chi connectivity index (χ1) is 13.2. The molecular formula is C21H21N3O2S. The molecule has 2 aromatic heterocycles. The third kappa shape index (κ3) is 3.32. The van der Waals surface area contributed by atoms with E-state index in [1.54, 1.807) is 22.3 Å². The van der Waals surface area contributed by atoms with Gasteiger partial charge in [0.25, 0.3) is 5.56 Å². The van der Waals surface area contributed by atoms with Gasteiger partial charge in [-0.1, -0.05) is 24.3 Å². The van der Waals surface area contributed by atoms with Crippen molar-refractivity contribution in [1.29, 1.82) is 0 Å². The van der Waals surface area contributed by atoms with E-state index in [9.17, 15) is 9.59 Å². The number of aryl methyl sites for hydroxylation is 2. The predicted octanol–water partition coefficient (Wildman–Crippen LogP) is 3.56. The molecule has 1 aliphatic rings. The summed E-state index contributed by atoms with van der Waals surface area (Å²) in [4.78, 5) is 34.1. The molecule has 0 saturated carbocycles. The number of thiophene rings is 1. The molecule has 3 aromatic rings. The van der Waals surface area contributed by atoms with Gasteiger partial charge in [0.1, 0.15) is 11.4 Å². The van der Waals surface area contributed by atoms with Crippen molar-refractivity contribution >= 4 is 33.1 Å². The molecule has 1 aliphatic carbocycles. The number of carbonyl (C=O) groups is 1. The molecule has 5 nitrogen and oxygen atoms in total. The Morgan fingerprint density at radius 1 is 1.26 bits per heavy atom. The normalized spacial score (nSPS) is 13.3. The molecule has 2 heterocycles. The smallest absolute Gasteiger partial charge is 0.262 e. The molecule has 138 valence electrons. The van der Waals surface area contributed by atoms with Crippen LogP contribution in [0.5, 0.6) is 0 Å². The quantitative estimate of drug-likeness (QED) is 0.637. The van der Waals surface area contributed by atoms with Crippen LogP contribution < -0.4 is 10.5 Å². The van der Waals surface area contributed by atoms with Crippen molar-refractivity contribution in [2.24, 2.45) is 0 Å². The van der Waals surface area contributed by atoms with Gasteiger partial charge in [-0.2, -0.15) is 0 Å². The third-order valence-electron chi connectivity index (χ3n) is 4.93. The molecule has 1 aromatic carbocycles. The summed E-state index contributed by atoms with van der Waals surface area (Å²) in [5.74, 6) is -0.159. The zero-order valence-corrected chi connectivity index (χ0v) is 15.9. The van der Waals surface area contributed by atoms with Crippen molar-refractivity contribution in [2.75, 3.05) is 11.4 Å². The van der Waals surface area contributed by atoms with Crippen LogP contribution in [0.1, 0.15) is 23.3 Å². The average molecular weight is 379 g/mol. The highest BCUT2D eigenvalue weighted by atomic mass is 32.1. The molecule has 0 saturated heterocycles. The van der Waals surface area contributed by atoms with Gasteiger partial charge < -0.3 is 4.90 Å². The number of benzene rings is 1. The molecule has 0 unspecified atom stereocenters. The first-order valence-electron chi connectivity index (χ1n) is 9.15. The lowest BCUT2D eigenvalue weighted by molar-refractivity contribution is -0.119. The maximum absolute atomic E-state index is 13.1. The van der Waals surface area contributed by atoms with Crippen LogP contribution in [0.4, 0.5) is 5.69 Å². The van der Waals surface area contributed by atoms with E-state index in [2.05, 4.69) is 11.6 Å². The second kappa shape index (κ2) is 7.48. The van der Waals surface area contributed by atoms with Gasteiger partial charge in [0.05, 0.1) is 11.7 Å². The van der Waals surface area contributed by atoms with Crippen LogP contribution >= 0.6 is 11.3 Å². The first kappa shape index (κ1) is 17.7. The van der Waals surface area contributed by atoms with Crippen LogP contribution in [0, 0.1) is 0 Å². The maximum atomic E-state index is 13.1. The van der Waals surface area contributed by atoms with E-state index in [0.717, 1.165) is 35.3 Å². The highest BCUT2D eigenvalue weighted by Crippen LogP contribution is 2.33. The number of fused-ring (bicyclic) bond motifs is 3. The fourth-order valence-corrected chi connectivity index (χ4v) is 4.83. The third-order valence-corrected chi connectivity index (χ3v) is 6.13. The Labute approximate surface area is 161 Å². The number of hydrogen-bond acceptors (Lipinski definition) is 4. The van der Waals surface area contributed by atoms with Crippen LogP contribution in [0.3, 0.4) is 0 Å². The van der Waals surface area contributed by atoms with Crippen LogP contribution in [0.15, 0.2) is 54.1 Å². The Kier molecular flexibility index (Phi) is 4.90. The van der Waals surface area contributed by atoms with Crippen molar-refractivity contribution in [1.82, 2.24) is 9.55 Å². The van der Waals surface area contributed by atoms with E-state index >= 15 is 0 Å². The van der Waals surface area contributed by atoms with Gasteiger partial charge in [-0.05, 0) is 43.4 Å². The molecule has 0 radical (unpaired) electrons. The zero-order chi connectivity index (χ0) is 18.8. The predicted molar refractivity (Wildman–Crippen MR) is 110 cm³/mol. The summed E-state index contributed by atoms with van der Waals surface area (Å²) in [6, 6.07) is 9.43. The van der Waals surface area contributed by atoms with Gasteiger partial charge in [0, 0.05) is 17.1 Å². The Hall–Kier alpha value is -2.73. The minimum atomic E-state index is -0.159. The molecule has 0 aliphatic heterocycles. The topological polar surface area (TPSA) is 55.2 Å². The lowest BCUT2D eigenvalue weighted by atomic mass is 9.97. The molecule has 27 heavy (non-hydrogen) atoms. The summed E-state index contributed by atoms with van der Waals surface area (Å²) in [5, 5.41) is 0.708. The number of carbonyl (C=O) groups excluding carboxylic acids is 1. The lowest BCUT2D eigenvalue weighted by Crippen LogP contribution is -2.36. The van der Waals surface area contributed by atoms with Gasteiger partial charge in [0.2, 0.25) is 5.91 Å². The largest absolute Gasteiger partial charge is 0.307 e. The molecule has 6 heteroatoms. The number of nitrogens with zero attached hydrogens (tertiary/aromatic N) is 3. The molecule has 0 N–H and O–H groups in total. The van der Waals surface area contributed by atoms with E-state index in [0.29, 0.717) is 11.9 Å². The maximum Gasteiger partial charge on any atom is 0.262 e. The number of rotatable bonds is 5. The van der Waals surface area contributed by atoms with Crippen molar-refractivity contribution in [2.45, 2.75) is 32.2 Å². The van der Waals surface area contributed by atoms with Crippen molar-refractivity contribution in [3.63, 3.8) is 0 Å². The summed E-state index contributed by atoms with van der Waals surface area (Å²) in [7, 11) is 0. The lowest BCUT2D eigenvalue weighted by Gasteiger charge is -2.21. The van der Waals surface area contributed by atoms with Gasteiger partial charge in [-0.3, -0.25) is 14.2 Å². The number of amides is 1. The van der Waals surface area contributed by atoms with Gasteiger partial charge in [-0.25, -0.2) is 4.98 Å². The fraction of sp³-hybridized carbons (Fsp3) is 0.286. The standard InChI is InChI=1S/C21H21N3O2S/c1-2-12-24(15-8-4-3-5-9-15)18(25)13-23-14-22-20-19(21(23)26)16-10-6-7-11-17(16)27-20/h2-5,8-9,14H,1,6-7,10-13H2. The van der Waals surface area contributed by atoms with Gasteiger partial charge in [-0.15, -0.1) is 17.9 Å². The van der Waals surface area contributed by atoms with Gasteiger partial charge >= 0.3 is 0 Å². The summed E-state index contributed by atoms with van der Waals surface area (Å²) in [6.07, 6.45) is 7.41. The molecule has 4 rings (SSSR count). The summed E-state index contributed by atoms with van der Waals surface area (Å²) < 4.78 is 1.44. The van der Waals surface area contributed by atoms with E-state index in [4.69, 9.17) is 0 Å². The van der Waals surface area contributed by atoms with Crippen molar-refractivity contribution in [3.8, 4) is 0 Å². The van der Waals surface area contributed by atoms with Crippen LogP contribution in [-0.4, -0.2) is 22.0 Å². The Bertz CT molecular complexity index is 1050. The van der Waals surface area contributed by atoms with Crippen molar-refractivity contribution in [3.05, 3.63) is 70.1 Å². The fourth-order valence-electron chi connectivity index (χ4n) is 3.61. The molecule has 0 fully saturated rings. The van der Waals surface area contributed by atoms with Gasteiger partial charge in [0.15, 0.2) is 0 Å². The van der Waals surface area contributed by atoms with Crippen LogP contribution in [0.2, 0.25) is 0 Å². The number of aromatic nitrogens is 2. The van der Waals surface area contributed by atoms with E-state index in [1.807, 2.05) is 30.3 Å². The molecule has 1 amide bonds. The van der Waals surface area contributed by atoms with Crippen LogP contribution in [-0.2, 0) is 24.2 Å². The second-order valence-electron chi connectivity index (χ2n) is 6.70. The Balaban J connectivity index is 1.68. The molecule has 0 atom stereocenters. The monoisotopic (exact) mass is 379 g/mol. The summed E-state index contributed by atoms with van der Waals surface area (Å²) in [6.45, 7) is 4.10. The highest BCUT2D eigenvalue weighted by molar-refractivity contribution is 7.18. The number of anilines is 1.